The van der Waals surface area contributed by atoms with Crippen molar-refractivity contribution in [3.63, 3.8) is 0 Å². The lowest BCUT2D eigenvalue weighted by atomic mass is 9.88. The molecule has 0 aliphatic carbocycles. The van der Waals surface area contributed by atoms with Gasteiger partial charge in [0.15, 0.2) is 0 Å². The van der Waals surface area contributed by atoms with E-state index in [0.29, 0.717) is 45.3 Å². The van der Waals surface area contributed by atoms with E-state index < -0.39 is 6.04 Å². The Kier molecular flexibility index (Phi) is 5.47. The number of rotatable bonds is 4. The van der Waals surface area contributed by atoms with Gasteiger partial charge in [-0.3, -0.25) is 4.79 Å². The molecule has 0 saturated heterocycles. The van der Waals surface area contributed by atoms with Gasteiger partial charge in [-0.15, -0.1) is 0 Å². The standard InChI is InChI=1S/C19H17Cl2N5O2S/c1-26(5-2-4-22)18(27)13-7-10-15(24-19(23)25-17(10)29-13)14-9-3-6-28-16(9)12(21)8-11(14)20/h7-8,10,15H,2-3,5-6H2,1H3,(H2,23,24). The molecular weight excluding hydrogens is 433 g/mol. The molecule has 150 valence electrons. The maximum atomic E-state index is 12.8. The number of thioether (sulfide) groups is 1. The summed E-state index contributed by atoms with van der Waals surface area (Å²) < 4.78 is 5.67. The average molecular weight is 450 g/mol. The molecule has 1 aromatic rings. The first-order chi connectivity index (χ1) is 13.9. The Bertz CT molecular complexity index is 1030. The molecule has 0 bridgehead atoms. The summed E-state index contributed by atoms with van der Waals surface area (Å²) in [6.45, 7) is 0.887. The minimum absolute atomic E-state index is 0.146. The van der Waals surface area contributed by atoms with E-state index in [1.807, 2.05) is 12.1 Å². The monoisotopic (exact) mass is 449 g/mol. The zero-order valence-electron chi connectivity index (χ0n) is 15.5. The molecule has 1 aromatic carbocycles. The van der Waals surface area contributed by atoms with Crippen LogP contribution in [0.15, 0.2) is 27.0 Å². The van der Waals surface area contributed by atoms with Crippen LogP contribution in [0.1, 0.15) is 23.6 Å². The van der Waals surface area contributed by atoms with E-state index in [2.05, 4.69) is 9.98 Å². The van der Waals surface area contributed by atoms with Gasteiger partial charge in [-0.05, 0) is 6.07 Å². The number of nitrogens with zero attached hydrogens (tertiary/aromatic N) is 4. The molecule has 0 saturated carbocycles. The highest BCUT2D eigenvalue weighted by molar-refractivity contribution is 8.18. The molecule has 1 amide bonds. The van der Waals surface area contributed by atoms with Crippen LogP contribution in [0.25, 0.3) is 0 Å². The second-order valence-electron chi connectivity index (χ2n) is 6.84. The number of benzene rings is 1. The minimum Gasteiger partial charge on any atom is -0.491 e. The smallest absolute Gasteiger partial charge is 0.260 e. The summed E-state index contributed by atoms with van der Waals surface area (Å²) in [7, 11) is 1.67. The van der Waals surface area contributed by atoms with E-state index in [1.54, 1.807) is 13.1 Å². The number of guanidine groups is 1. The molecule has 0 aromatic heterocycles. The normalized spacial score (nSPS) is 21.9. The highest BCUT2D eigenvalue weighted by atomic mass is 35.5. The highest BCUT2D eigenvalue weighted by Gasteiger charge is 2.40. The van der Waals surface area contributed by atoms with Crippen LogP contribution in [0.3, 0.4) is 0 Å². The number of carbonyl (C=O) groups is 1. The Hall–Kier alpha value is -2.21. The number of ether oxygens (including phenoxy) is 1. The van der Waals surface area contributed by atoms with Gasteiger partial charge in [0.2, 0.25) is 5.96 Å². The number of hydrogen-bond donors (Lipinski definition) is 1. The molecule has 0 spiro atoms. The molecule has 2 N–H and O–H groups in total. The van der Waals surface area contributed by atoms with Crippen LogP contribution in [0.4, 0.5) is 0 Å². The second-order valence-corrected chi connectivity index (χ2v) is 8.71. The summed E-state index contributed by atoms with van der Waals surface area (Å²) in [5.74, 6) is 0.368. The third-order valence-electron chi connectivity index (χ3n) is 5.00. The first kappa shape index (κ1) is 20.1. The highest BCUT2D eigenvalue weighted by Crippen LogP contribution is 2.49. The van der Waals surface area contributed by atoms with Crippen molar-refractivity contribution in [3.8, 4) is 11.8 Å². The lowest BCUT2D eigenvalue weighted by Gasteiger charge is -2.25. The summed E-state index contributed by atoms with van der Waals surface area (Å²) >= 11 is 14.1. The second kappa shape index (κ2) is 7.90. The van der Waals surface area contributed by atoms with Crippen molar-refractivity contribution in [1.29, 1.82) is 5.26 Å². The number of halogens is 2. The molecule has 7 nitrogen and oxygen atoms in total. The fourth-order valence-corrected chi connectivity index (χ4v) is 5.47. The van der Waals surface area contributed by atoms with Crippen molar-refractivity contribution in [2.75, 3.05) is 20.2 Å². The topological polar surface area (TPSA) is 104 Å². The van der Waals surface area contributed by atoms with Crippen LogP contribution in [0.2, 0.25) is 10.0 Å². The lowest BCUT2D eigenvalue weighted by Crippen LogP contribution is -2.27. The maximum Gasteiger partial charge on any atom is 0.260 e. The maximum absolute atomic E-state index is 12.8. The minimum atomic E-state index is -0.412. The molecule has 3 aliphatic heterocycles. The Balaban J connectivity index is 1.71. The quantitative estimate of drug-likeness (QED) is 0.758. The summed E-state index contributed by atoms with van der Waals surface area (Å²) in [6, 6.07) is 3.29. The van der Waals surface area contributed by atoms with Gasteiger partial charge in [0.05, 0.1) is 46.0 Å². The van der Waals surface area contributed by atoms with E-state index in [4.69, 9.17) is 38.9 Å². The Labute approximate surface area is 182 Å². The summed E-state index contributed by atoms with van der Waals surface area (Å²) in [5, 5.41) is 10.4. The molecule has 4 rings (SSSR count). The number of hydrogen-bond acceptors (Lipinski definition) is 7. The van der Waals surface area contributed by atoms with E-state index in [1.165, 1.54) is 16.7 Å². The molecule has 3 aliphatic rings. The molecule has 0 fully saturated rings. The van der Waals surface area contributed by atoms with Crippen molar-refractivity contribution >= 4 is 51.9 Å². The van der Waals surface area contributed by atoms with Gasteiger partial charge in [-0.1, -0.05) is 41.0 Å². The van der Waals surface area contributed by atoms with Crippen molar-refractivity contribution in [2.24, 2.45) is 21.6 Å². The lowest BCUT2D eigenvalue weighted by molar-refractivity contribution is -0.125. The summed E-state index contributed by atoms with van der Waals surface area (Å²) in [4.78, 5) is 23.7. The third kappa shape index (κ3) is 3.59. The van der Waals surface area contributed by atoms with Gasteiger partial charge in [-0.25, -0.2) is 9.98 Å². The van der Waals surface area contributed by atoms with E-state index >= 15 is 0 Å². The van der Waals surface area contributed by atoms with Crippen LogP contribution >= 0.6 is 35.0 Å². The molecule has 2 unspecified atom stereocenters. The molecular formula is C19H17Cl2N5O2S. The fraction of sp³-hybridized carbons (Fsp3) is 0.368. The van der Waals surface area contributed by atoms with E-state index in [-0.39, 0.29) is 24.2 Å². The largest absolute Gasteiger partial charge is 0.491 e. The summed E-state index contributed by atoms with van der Waals surface area (Å²) in [6.07, 6.45) is 2.81. The molecule has 3 heterocycles. The van der Waals surface area contributed by atoms with Crippen molar-refractivity contribution in [3.05, 3.63) is 38.2 Å². The van der Waals surface area contributed by atoms with E-state index in [9.17, 15) is 4.79 Å². The SMILES string of the molecule is CN(CCC#N)C(=O)C1=CC2C(=NC(N)=NC2c2c(Cl)cc(Cl)c3c2CCO3)S1. The van der Waals surface area contributed by atoms with Crippen molar-refractivity contribution < 1.29 is 9.53 Å². The number of nitrogens with two attached hydrogens (primary N) is 1. The van der Waals surface area contributed by atoms with E-state index in [0.717, 1.165) is 11.1 Å². The van der Waals surface area contributed by atoms with Crippen LogP contribution < -0.4 is 10.5 Å². The number of aliphatic imine (C=N–C) groups is 2. The van der Waals surface area contributed by atoms with Crippen molar-refractivity contribution in [2.45, 2.75) is 18.9 Å². The van der Waals surface area contributed by atoms with Gasteiger partial charge in [0, 0.05) is 36.2 Å². The van der Waals surface area contributed by atoms with Crippen LogP contribution in [0.5, 0.6) is 5.75 Å². The van der Waals surface area contributed by atoms with Gasteiger partial charge in [-0.2, -0.15) is 5.26 Å². The third-order valence-corrected chi connectivity index (χ3v) is 6.70. The molecule has 29 heavy (non-hydrogen) atoms. The van der Waals surface area contributed by atoms with Gasteiger partial charge in [0.1, 0.15) is 5.75 Å². The average Bonchev–Trinajstić information content (AvgIpc) is 3.32. The van der Waals surface area contributed by atoms with Gasteiger partial charge >= 0.3 is 0 Å². The first-order valence-electron chi connectivity index (χ1n) is 8.98. The predicted molar refractivity (Wildman–Crippen MR) is 114 cm³/mol. The Morgan fingerprint density at radius 2 is 2.28 bits per heavy atom. The van der Waals surface area contributed by atoms with Crippen LogP contribution in [-0.2, 0) is 11.2 Å². The van der Waals surface area contributed by atoms with Crippen LogP contribution in [-0.4, -0.2) is 42.0 Å². The Morgan fingerprint density at radius 1 is 1.48 bits per heavy atom. The molecule has 10 heteroatoms. The number of carbonyl (C=O) groups excluding carboxylic acids is 1. The van der Waals surface area contributed by atoms with Crippen LogP contribution in [0, 0.1) is 17.2 Å². The number of amides is 1. The van der Waals surface area contributed by atoms with Gasteiger partial charge < -0.3 is 15.4 Å². The molecule has 2 atom stereocenters. The zero-order valence-corrected chi connectivity index (χ0v) is 17.8. The number of fused-ring (bicyclic) bond motifs is 2. The number of likely N-dealkylation sites (N-methyl/N-ethyl adjacent to an activating group) is 1. The first-order valence-corrected chi connectivity index (χ1v) is 10.6. The zero-order chi connectivity index (χ0) is 20.7. The molecule has 0 radical (unpaired) electrons. The van der Waals surface area contributed by atoms with Gasteiger partial charge in [0.25, 0.3) is 5.91 Å². The number of nitriles is 1. The van der Waals surface area contributed by atoms with Crippen molar-refractivity contribution in [1.82, 2.24) is 4.90 Å². The fourth-order valence-electron chi connectivity index (χ4n) is 3.65. The summed E-state index contributed by atoms with van der Waals surface area (Å²) in [5.41, 5.74) is 7.72. The Morgan fingerprint density at radius 3 is 3.03 bits per heavy atom. The predicted octanol–water partition coefficient (Wildman–Crippen LogP) is 3.32.